The Kier molecular flexibility index (Phi) is 6.89. The molecular formula is C19H27ClN2O4. The zero-order chi connectivity index (χ0) is 19.3. The number of amides is 2. The minimum atomic E-state index is -0.854. The summed E-state index contributed by atoms with van der Waals surface area (Å²) in [5.74, 6) is -0.378. The number of hydrogen-bond donors (Lipinski definition) is 1. The lowest BCUT2D eigenvalue weighted by Crippen LogP contribution is -2.57. The zero-order valence-corrected chi connectivity index (χ0v) is 16.3. The lowest BCUT2D eigenvalue weighted by atomic mass is 9.99. The molecule has 2 atom stereocenters. The van der Waals surface area contributed by atoms with Gasteiger partial charge in [0, 0.05) is 13.1 Å². The first kappa shape index (κ1) is 20.5. The van der Waals surface area contributed by atoms with Gasteiger partial charge in [-0.05, 0) is 32.8 Å². The molecule has 2 amide bonds. The van der Waals surface area contributed by atoms with Crippen LogP contribution in [0.2, 0.25) is 0 Å². The van der Waals surface area contributed by atoms with Crippen molar-refractivity contribution in [1.29, 1.82) is 0 Å². The van der Waals surface area contributed by atoms with Gasteiger partial charge in [-0.25, -0.2) is 4.79 Å². The van der Waals surface area contributed by atoms with Gasteiger partial charge in [-0.3, -0.25) is 4.79 Å². The fraction of sp³-hybridized carbons (Fsp3) is 0.579. The highest BCUT2D eigenvalue weighted by atomic mass is 35.5. The quantitative estimate of drug-likeness (QED) is 0.812. The van der Waals surface area contributed by atoms with Crippen LogP contribution in [-0.2, 0) is 16.1 Å². The van der Waals surface area contributed by atoms with Crippen molar-refractivity contribution < 1.29 is 19.4 Å². The number of piperidine rings is 1. The first-order valence-electron chi connectivity index (χ1n) is 8.76. The average Bonchev–Trinajstić information content (AvgIpc) is 2.58. The molecule has 0 bridgehead atoms. The summed E-state index contributed by atoms with van der Waals surface area (Å²) in [5.41, 5.74) is 0.375. The van der Waals surface area contributed by atoms with Crippen LogP contribution < -0.4 is 0 Å². The van der Waals surface area contributed by atoms with E-state index in [0.29, 0.717) is 19.5 Å². The Morgan fingerprint density at radius 3 is 2.50 bits per heavy atom. The number of hydrogen-bond acceptors (Lipinski definition) is 4. The predicted octanol–water partition coefficient (Wildman–Crippen LogP) is 2.62. The third kappa shape index (κ3) is 5.61. The van der Waals surface area contributed by atoms with E-state index in [1.165, 1.54) is 4.90 Å². The molecule has 0 saturated carbocycles. The average molecular weight is 383 g/mol. The lowest BCUT2D eigenvalue weighted by molar-refractivity contribution is -0.136. The molecule has 0 spiro atoms. The van der Waals surface area contributed by atoms with Gasteiger partial charge in [0.15, 0.2) is 0 Å². The van der Waals surface area contributed by atoms with Crippen LogP contribution in [0.3, 0.4) is 0 Å². The van der Waals surface area contributed by atoms with E-state index in [4.69, 9.17) is 16.3 Å². The van der Waals surface area contributed by atoms with Crippen molar-refractivity contribution in [1.82, 2.24) is 9.80 Å². The number of aliphatic hydroxyl groups is 1. The van der Waals surface area contributed by atoms with Crippen LogP contribution in [0.5, 0.6) is 0 Å². The summed E-state index contributed by atoms with van der Waals surface area (Å²) in [6, 6.07) is 9.18. The molecule has 6 nitrogen and oxygen atoms in total. The molecule has 2 rings (SSSR count). The molecule has 144 valence electrons. The van der Waals surface area contributed by atoms with Crippen LogP contribution in [-0.4, -0.2) is 63.6 Å². The lowest BCUT2D eigenvalue weighted by Gasteiger charge is -2.41. The summed E-state index contributed by atoms with van der Waals surface area (Å²) in [4.78, 5) is 27.6. The van der Waals surface area contributed by atoms with Crippen molar-refractivity contribution in [3.05, 3.63) is 35.9 Å². The molecule has 0 radical (unpaired) electrons. The minimum Gasteiger partial charge on any atom is -0.444 e. The Morgan fingerprint density at radius 1 is 1.31 bits per heavy atom. The number of β-amino-alcohol motifs (C(OH)–C–C–N with tert-alkyl or cyclic N) is 1. The second-order valence-corrected chi connectivity index (χ2v) is 7.76. The van der Waals surface area contributed by atoms with Crippen LogP contribution in [0.25, 0.3) is 0 Å². The van der Waals surface area contributed by atoms with Gasteiger partial charge in [-0.2, -0.15) is 0 Å². The zero-order valence-electron chi connectivity index (χ0n) is 15.5. The highest BCUT2D eigenvalue weighted by Gasteiger charge is 2.37. The number of alkyl halides is 1. The van der Waals surface area contributed by atoms with Gasteiger partial charge in [-0.15, -0.1) is 11.6 Å². The van der Waals surface area contributed by atoms with Crippen LogP contribution in [0.4, 0.5) is 4.79 Å². The van der Waals surface area contributed by atoms with E-state index in [-0.39, 0.29) is 24.4 Å². The number of halogens is 1. The topological polar surface area (TPSA) is 70.1 Å². The number of likely N-dealkylation sites (tertiary alicyclic amines) is 1. The van der Waals surface area contributed by atoms with E-state index in [9.17, 15) is 14.7 Å². The van der Waals surface area contributed by atoms with Crippen LogP contribution in [0.15, 0.2) is 30.3 Å². The fourth-order valence-electron chi connectivity index (χ4n) is 3.02. The van der Waals surface area contributed by atoms with Crippen molar-refractivity contribution in [3.8, 4) is 0 Å². The smallest absolute Gasteiger partial charge is 0.410 e. The molecule has 1 N–H and O–H groups in total. The molecule has 1 saturated heterocycles. The highest BCUT2D eigenvalue weighted by Crippen LogP contribution is 2.22. The van der Waals surface area contributed by atoms with Gasteiger partial charge >= 0.3 is 6.09 Å². The first-order valence-corrected chi connectivity index (χ1v) is 9.30. The van der Waals surface area contributed by atoms with Crippen LogP contribution in [0, 0.1) is 0 Å². The Bertz CT molecular complexity index is 618. The summed E-state index contributed by atoms with van der Waals surface area (Å²) < 4.78 is 5.36. The van der Waals surface area contributed by atoms with E-state index in [2.05, 4.69) is 0 Å². The molecule has 0 unspecified atom stereocenters. The third-order valence-electron chi connectivity index (χ3n) is 4.23. The molecule has 0 aliphatic carbocycles. The number of carbonyl (C=O) groups is 2. The Balaban J connectivity index is 2.06. The Hall–Kier alpha value is -1.79. The number of benzene rings is 1. The van der Waals surface area contributed by atoms with Crippen molar-refractivity contribution >= 4 is 23.6 Å². The number of rotatable bonds is 4. The van der Waals surface area contributed by atoms with E-state index in [1.807, 2.05) is 30.3 Å². The van der Waals surface area contributed by atoms with Crippen molar-refractivity contribution in [3.63, 3.8) is 0 Å². The van der Waals surface area contributed by atoms with E-state index < -0.39 is 17.8 Å². The molecule has 1 fully saturated rings. The second kappa shape index (κ2) is 8.73. The van der Waals surface area contributed by atoms with Gasteiger partial charge in [0.1, 0.15) is 11.5 Å². The normalized spacial score (nSPS) is 20.6. The van der Waals surface area contributed by atoms with Gasteiger partial charge in [-0.1, -0.05) is 30.3 Å². The van der Waals surface area contributed by atoms with E-state index in [1.54, 1.807) is 25.7 Å². The van der Waals surface area contributed by atoms with Crippen molar-refractivity contribution in [2.45, 2.75) is 51.5 Å². The molecule has 1 aromatic carbocycles. The Morgan fingerprint density at radius 2 is 1.96 bits per heavy atom. The van der Waals surface area contributed by atoms with Crippen molar-refractivity contribution in [2.24, 2.45) is 0 Å². The molecule has 1 aromatic rings. The summed E-state index contributed by atoms with van der Waals surface area (Å²) in [6.07, 6.45) is -0.837. The summed E-state index contributed by atoms with van der Waals surface area (Å²) in [7, 11) is 0. The highest BCUT2D eigenvalue weighted by molar-refractivity contribution is 6.27. The monoisotopic (exact) mass is 382 g/mol. The second-order valence-electron chi connectivity index (χ2n) is 7.49. The number of nitrogens with zero attached hydrogens (tertiary/aromatic N) is 2. The summed E-state index contributed by atoms with van der Waals surface area (Å²) in [5, 5.41) is 10.6. The summed E-state index contributed by atoms with van der Waals surface area (Å²) in [6.45, 7) is 6.32. The number of carbonyl (C=O) groups excluding carboxylic acids is 2. The Labute approximate surface area is 159 Å². The maximum absolute atomic E-state index is 12.3. The van der Waals surface area contributed by atoms with E-state index >= 15 is 0 Å². The SMILES string of the molecule is CC(C)(C)OC(=O)N1CC[C@H](N(Cc2ccccc2)C(=O)CCl)[C@@H](O)C1. The minimum absolute atomic E-state index is 0.125. The molecule has 7 heteroatoms. The molecule has 0 aromatic heterocycles. The van der Waals surface area contributed by atoms with Crippen LogP contribution >= 0.6 is 11.6 Å². The molecule has 1 aliphatic rings. The van der Waals surface area contributed by atoms with E-state index in [0.717, 1.165) is 5.56 Å². The standard InChI is InChI=1S/C19H27ClN2O4/c1-19(2,3)26-18(25)21-10-9-15(16(23)13-21)22(17(24)11-20)12-14-7-5-4-6-8-14/h4-8,15-16,23H,9-13H2,1-3H3/t15-,16-/m0/s1. The van der Waals surface area contributed by atoms with Crippen molar-refractivity contribution in [2.75, 3.05) is 19.0 Å². The number of ether oxygens (including phenoxy) is 1. The fourth-order valence-corrected chi connectivity index (χ4v) is 3.18. The molecule has 26 heavy (non-hydrogen) atoms. The number of aliphatic hydroxyl groups excluding tert-OH is 1. The van der Waals surface area contributed by atoms with Crippen LogP contribution in [0.1, 0.15) is 32.8 Å². The largest absolute Gasteiger partial charge is 0.444 e. The molecular weight excluding hydrogens is 356 g/mol. The molecule has 1 aliphatic heterocycles. The van der Waals surface area contributed by atoms with Gasteiger partial charge in [0.25, 0.3) is 0 Å². The van der Waals surface area contributed by atoms with Gasteiger partial charge in [0.2, 0.25) is 5.91 Å². The maximum atomic E-state index is 12.3. The summed E-state index contributed by atoms with van der Waals surface area (Å²) >= 11 is 5.77. The molecule has 1 heterocycles. The predicted molar refractivity (Wildman–Crippen MR) is 99.9 cm³/mol. The van der Waals surface area contributed by atoms with Gasteiger partial charge < -0.3 is 19.6 Å². The maximum Gasteiger partial charge on any atom is 0.410 e. The third-order valence-corrected chi connectivity index (χ3v) is 4.46. The van der Waals surface area contributed by atoms with Gasteiger partial charge in [0.05, 0.1) is 18.7 Å². The first-order chi connectivity index (χ1) is 12.2.